The van der Waals surface area contributed by atoms with Crippen molar-refractivity contribution in [3.05, 3.63) is 64.3 Å². The molecule has 25 heavy (non-hydrogen) atoms. The summed E-state index contributed by atoms with van der Waals surface area (Å²) in [5.41, 5.74) is 3.83. The third-order valence-electron chi connectivity index (χ3n) is 3.89. The predicted octanol–water partition coefficient (Wildman–Crippen LogP) is 4.51. The zero-order valence-electron chi connectivity index (χ0n) is 14.2. The summed E-state index contributed by atoms with van der Waals surface area (Å²) in [6.07, 6.45) is 3.60. The molecule has 0 aliphatic heterocycles. The molecule has 1 aromatic heterocycles. The number of carbonyl (C=O) groups excluding carboxylic acids is 1. The Labute approximate surface area is 151 Å². The molecule has 0 bridgehead atoms. The smallest absolute Gasteiger partial charge is 0.191 e. The van der Waals surface area contributed by atoms with Gasteiger partial charge < -0.3 is 9.72 Å². The summed E-state index contributed by atoms with van der Waals surface area (Å²) in [6.45, 7) is 3.91. The summed E-state index contributed by atoms with van der Waals surface area (Å²) in [4.78, 5) is 19.4. The van der Waals surface area contributed by atoms with Crippen LogP contribution in [0.4, 0.5) is 0 Å². The van der Waals surface area contributed by atoms with E-state index in [-0.39, 0.29) is 18.9 Å². The molecule has 0 fully saturated rings. The monoisotopic (exact) mass is 354 g/mol. The molecular formula is C20H19ClN2O2. The van der Waals surface area contributed by atoms with Gasteiger partial charge in [-0.1, -0.05) is 23.7 Å². The number of ketones is 1. The second-order valence-corrected chi connectivity index (χ2v) is 6.43. The molecule has 0 spiro atoms. The van der Waals surface area contributed by atoms with Crippen molar-refractivity contribution >= 4 is 34.5 Å². The minimum Gasteiger partial charge on any atom is -0.485 e. The third-order valence-corrected chi connectivity index (χ3v) is 4.11. The van der Waals surface area contributed by atoms with E-state index in [1.165, 1.54) is 0 Å². The Morgan fingerprint density at radius 1 is 1.20 bits per heavy atom. The number of hydrogen-bond acceptors (Lipinski definition) is 3. The maximum atomic E-state index is 12.0. The summed E-state index contributed by atoms with van der Waals surface area (Å²) < 4.78 is 5.65. The van der Waals surface area contributed by atoms with E-state index in [4.69, 9.17) is 16.3 Å². The molecule has 0 saturated heterocycles. The number of aromatic nitrogens is 1. The number of H-pyrrole nitrogens is 1. The SMILES string of the molecule is Cc1cc(Cl)cc(C)c1OCC(=O)CN=Cc1ccc2cc[nH]c2c1. The van der Waals surface area contributed by atoms with Crippen LogP contribution in [0.15, 0.2) is 47.6 Å². The lowest BCUT2D eigenvalue weighted by Crippen LogP contribution is -2.15. The molecule has 0 aliphatic rings. The van der Waals surface area contributed by atoms with E-state index in [0.717, 1.165) is 27.6 Å². The van der Waals surface area contributed by atoms with Crippen molar-refractivity contribution in [3.63, 3.8) is 0 Å². The molecule has 4 nitrogen and oxygen atoms in total. The molecule has 2 aromatic carbocycles. The minimum atomic E-state index is -0.0778. The third kappa shape index (κ3) is 4.28. The first-order valence-corrected chi connectivity index (χ1v) is 8.39. The van der Waals surface area contributed by atoms with Crippen LogP contribution < -0.4 is 4.74 Å². The first kappa shape index (κ1) is 17.2. The number of nitrogens with zero attached hydrogens (tertiary/aromatic N) is 1. The number of carbonyl (C=O) groups is 1. The van der Waals surface area contributed by atoms with Gasteiger partial charge in [0.2, 0.25) is 0 Å². The zero-order chi connectivity index (χ0) is 17.8. The fraction of sp³-hybridized carbons (Fsp3) is 0.200. The summed E-state index contributed by atoms with van der Waals surface area (Å²) in [5.74, 6) is 0.630. The molecule has 3 aromatic rings. The molecule has 5 heteroatoms. The predicted molar refractivity (Wildman–Crippen MR) is 102 cm³/mol. The largest absolute Gasteiger partial charge is 0.485 e. The minimum absolute atomic E-state index is 0.00365. The average molecular weight is 355 g/mol. The van der Waals surface area contributed by atoms with Gasteiger partial charge in [0.25, 0.3) is 0 Å². The molecule has 1 heterocycles. The normalized spacial score (nSPS) is 11.3. The first-order chi connectivity index (χ1) is 12.0. The van der Waals surface area contributed by atoms with Crippen molar-refractivity contribution < 1.29 is 9.53 Å². The summed E-state index contributed by atoms with van der Waals surface area (Å²) in [7, 11) is 0. The maximum Gasteiger partial charge on any atom is 0.191 e. The number of nitrogens with one attached hydrogen (secondary N) is 1. The van der Waals surface area contributed by atoms with Gasteiger partial charge in [0.1, 0.15) is 18.9 Å². The molecule has 0 atom stereocenters. The van der Waals surface area contributed by atoms with Crippen molar-refractivity contribution in [1.29, 1.82) is 0 Å². The standard InChI is InChI=1S/C20H19ClN2O2/c1-13-7-17(21)8-14(2)20(13)25-12-18(24)11-22-10-15-3-4-16-5-6-23-19(16)9-15/h3-10,23H,11-12H2,1-2H3. The van der Waals surface area contributed by atoms with Gasteiger partial charge in [0.15, 0.2) is 5.78 Å². The van der Waals surface area contributed by atoms with Gasteiger partial charge in [-0.05, 0) is 60.2 Å². The number of halogens is 1. The number of aromatic amines is 1. The number of fused-ring (bicyclic) bond motifs is 1. The van der Waals surface area contributed by atoms with E-state index in [1.54, 1.807) is 6.21 Å². The molecule has 0 aliphatic carbocycles. The van der Waals surface area contributed by atoms with Crippen LogP contribution in [-0.4, -0.2) is 30.1 Å². The van der Waals surface area contributed by atoms with Gasteiger partial charge in [-0.15, -0.1) is 0 Å². The average Bonchev–Trinajstić information content (AvgIpc) is 3.01. The number of benzene rings is 2. The lowest BCUT2D eigenvalue weighted by Gasteiger charge is -2.11. The molecule has 0 radical (unpaired) electrons. The fourth-order valence-electron chi connectivity index (χ4n) is 2.72. The Balaban J connectivity index is 1.56. The first-order valence-electron chi connectivity index (χ1n) is 8.01. The summed E-state index contributed by atoms with van der Waals surface area (Å²) in [5, 5.41) is 1.81. The number of hydrogen-bond donors (Lipinski definition) is 1. The quantitative estimate of drug-likeness (QED) is 0.662. The Morgan fingerprint density at radius 2 is 1.96 bits per heavy atom. The van der Waals surface area contributed by atoms with Gasteiger partial charge >= 0.3 is 0 Å². The molecule has 3 rings (SSSR count). The van der Waals surface area contributed by atoms with Crippen LogP contribution in [-0.2, 0) is 4.79 Å². The van der Waals surface area contributed by atoms with Gasteiger partial charge in [0, 0.05) is 23.0 Å². The van der Waals surface area contributed by atoms with Gasteiger partial charge in [-0.2, -0.15) is 0 Å². The molecule has 0 unspecified atom stereocenters. The number of rotatable bonds is 6. The lowest BCUT2D eigenvalue weighted by molar-refractivity contribution is -0.119. The second-order valence-electron chi connectivity index (χ2n) is 5.99. The van der Waals surface area contributed by atoms with Crippen LogP contribution in [0.5, 0.6) is 5.75 Å². The molecule has 0 saturated carbocycles. The van der Waals surface area contributed by atoms with Crippen molar-refractivity contribution in [2.75, 3.05) is 13.2 Å². The van der Waals surface area contributed by atoms with Crippen molar-refractivity contribution in [1.82, 2.24) is 4.98 Å². The highest BCUT2D eigenvalue weighted by molar-refractivity contribution is 6.30. The van der Waals surface area contributed by atoms with Crippen LogP contribution in [0.2, 0.25) is 5.02 Å². The van der Waals surface area contributed by atoms with E-state index in [2.05, 4.69) is 9.98 Å². The van der Waals surface area contributed by atoms with Crippen LogP contribution in [0, 0.1) is 13.8 Å². The van der Waals surface area contributed by atoms with Crippen LogP contribution in [0.3, 0.4) is 0 Å². The Hall–Kier alpha value is -2.59. The second kappa shape index (κ2) is 7.53. The maximum absolute atomic E-state index is 12.0. The van der Waals surface area contributed by atoms with Crippen molar-refractivity contribution in [3.8, 4) is 5.75 Å². The topological polar surface area (TPSA) is 54.4 Å². The Morgan fingerprint density at radius 3 is 2.72 bits per heavy atom. The summed E-state index contributed by atoms with van der Waals surface area (Å²) in [6, 6.07) is 11.6. The number of aryl methyl sites for hydroxylation is 2. The number of aliphatic imine (C=N–C) groups is 1. The van der Waals surface area contributed by atoms with E-state index in [0.29, 0.717) is 10.8 Å². The number of Topliss-reactive ketones (excluding diaryl/α,β-unsaturated/α-hetero) is 1. The van der Waals surface area contributed by atoms with E-state index >= 15 is 0 Å². The highest BCUT2D eigenvalue weighted by Crippen LogP contribution is 2.26. The van der Waals surface area contributed by atoms with Crippen LogP contribution in [0.1, 0.15) is 16.7 Å². The van der Waals surface area contributed by atoms with E-state index in [1.807, 2.05) is 56.4 Å². The fourth-order valence-corrected chi connectivity index (χ4v) is 3.05. The Kier molecular flexibility index (Phi) is 5.19. The zero-order valence-corrected chi connectivity index (χ0v) is 14.9. The number of ether oxygens (including phenoxy) is 1. The Bertz CT molecular complexity index is 921. The highest BCUT2D eigenvalue weighted by atomic mass is 35.5. The van der Waals surface area contributed by atoms with Crippen molar-refractivity contribution in [2.45, 2.75) is 13.8 Å². The van der Waals surface area contributed by atoms with Crippen LogP contribution >= 0.6 is 11.6 Å². The highest BCUT2D eigenvalue weighted by Gasteiger charge is 2.08. The van der Waals surface area contributed by atoms with Crippen LogP contribution in [0.25, 0.3) is 10.9 Å². The molecular weight excluding hydrogens is 336 g/mol. The van der Waals surface area contributed by atoms with Crippen molar-refractivity contribution in [2.24, 2.45) is 4.99 Å². The molecule has 128 valence electrons. The van der Waals surface area contributed by atoms with E-state index < -0.39 is 0 Å². The van der Waals surface area contributed by atoms with Gasteiger partial charge in [0.05, 0.1) is 0 Å². The van der Waals surface area contributed by atoms with E-state index in [9.17, 15) is 4.79 Å². The lowest BCUT2D eigenvalue weighted by atomic mass is 10.1. The molecule has 1 N–H and O–H groups in total. The van der Waals surface area contributed by atoms with Gasteiger partial charge in [-0.3, -0.25) is 9.79 Å². The van der Waals surface area contributed by atoms with Gasteiger partial charge in [-0.25, -0.2) is 0 Å². The molecule has 0 amide bonds. The summed E-state index contributed by atoms with van der Waals surface area (Å²) >= 11 is 6.00.